The number of amides is 2. The van der Waals surface area contributed by atoms with Gasteiger partial charge in [-0.3, -0.25) is 9.59 Å². The van der Waals surface area contributed by atoms with Crippen LogP contribution < -0.4 is 0 Å². The number of pyridine rings is 1. The quantitative estimate of drug-likeness (QED) is 0.716. The molecule has 3 heterocycles. The van der Waals surface area contributed by atoms with Crippen LogP contribution in [0.15, 0.2) is 42.9 Å². The van der Waals surface area contributed by atoms with E-state index in [-0.39, 0.29) is 16.8 Å². The smallest absolute Gasteiger partial charge is 0.343 e. The number of aromatic amines is 1. The minimum atomic E-state index is -0.913. The Morgan fingerprint density at radius 2 is 1.78 bits per heavy atom. The third-order valence-corrected chi connectivity index (χ3v) is 3.45. The zero-order valence-electron chi connectivity index (χ0n) is 11.5. The number of nitrogens with zero attached hydrogens (tertiary/aromatic N) is 3. The van der Waals surface area contributed by atoms with E-state index in [0.29, 0.717) is 16.1 Å². The molecule has 112 valence electrons. The highest BCUT2D eigenvalue weighted by Gasteiger charge is 2.39. The summed E-state index contributed by atoms with van der Waals surface area (Å²) in [7, 11) is 0. The summed E-state index contributed by atoms with van der Waals surface area (Å²) >= 11 is 0. The summed E-state index contributed by atoms with van der Waals surface area (Å²) in [6.07, 6.45) is 2.88. The Bertz CT molecular complexity index is 943. The summed E-state index contributed by atoms with van der Waals surface area (Å²) in [6.45, 7) is 0. The van der Waals surface area contributed by atoms with E-state index in [1.54, 1.807) is 12.1 Å². The van der Waals surface area contributed by atoms with Crippen molar-refractivity contribution < 1.29 is 19.2 Å². The summed E-state index contributed by atoms with van der Waals surface area (Å²) in [5, 5.41) is 0.448. The van der Waals surface area contributed by atoms with Crippen molar-refractivity contribution in [3.63, 3.8) is 0 Å². The van der Waals surface area contributed by atoms with Crippen LogP contribution in [-0.2, 0) is 4.84 Å². The lowest BCUT2D eigenvalue weighted by Crippen LogP contribution is -2.32. The summed E-state index contributed by atoms with van der Waals surface area (Å²) in [5.74, 6) is -2.27. The highest BCUT2D eigenvalue weighted by atomic mass is 16.7. The number of imide groups is 1. The largest absolute Gasteiger partial charge is 0.382 e. The van der Waals surface area contributed by atoms with Crippen LogP contribution in [0.4, 0.5) is 0 Å². The van der Waals surface area contributed by atoms with Crippen LogP contribution in [0.5, 0.6) is 0 Å². The van der Waals surface area contributed by atoms with Gasteiger partial charge in [0, 0.05) is 0 Å². The fraction of sp³-hybridized carbons (Fsp3) is 0. The second-order valence-electron chi connectivity index (χ2n) is 4.82. The fourth-order valence-electron chi connectivity index (χ4n) is 2.33. The number of imidazole rings is 1. The fourth-order valence-corrected chi connectivity index (χ4v) is 2.33. The van der Waals surface area contributed by atoms with Crippen LogP contribution in [0.2, 0.25) is 0 Å². The molecule has 0 saturated heterocycles. The first-order valence-electron chi connectivity index (χ1n) is 6.64. The maximum absolute atomic E-state index is 12.1. The van der Waals surface area contributed by atoms with Crippen molar-refractivity contribution in [2.24, 2.45) is 0 Å². The molecule has 2 aromatic heterocycles. The molecule has 0 saturated carbocycles. The molecule has 23 heavy (non-hydrogen) atoms. The zero-order chi connectivity index (χ0) is 16.0. The average Bonchev–Trinajstić information content (AvgIpc) is 3.13. The number of hydrogen-bond acceptors (Lipinski definition) is 6. The van der Waals surface area contributed by atoms with E-state index >= 15 is 0 Å². The molecule has 4 rings (SSSR count). The lowest BCUT2D eigenvalue weighted by atomic mass is 10.1. The lowest BCUT2D eigenvalue weighted by Gasteiger charge is -2.12. The van der Waals surface area contributed by atoms with Crippen molar-refractivity contribution >= 4 is 28.8 Å². The SMILES string of the molecule is O=C(ON1C(=O)c2ccccc2C1=O)c1cc2nc[nH]c2cn1. The molecule has 1 aliphatic rings. The first kappa shape index (κ1) is 13.1. The summed E-state index contributed by atoms with van der Waals surface area (Å²) < 4.78 is 0. The minimum absolute atomic E-state index is 0.0545. The monoisotopic (exact) mass is 308 g/mol. The van der Waals surface area contributed by atoms with Crippen molar-refractivity contribution in [1.29, 1.82) is 0 Å². The molecule has 0 bridgehead atoms. The Balaban J connectivity index is 1.62. The van der Waals surface area contributed by atoms with Crippen molar-refractivity contribution in [3.05, 3.63) is 59.7 Å². The first-order chi connectivity index (χ1) is 11.1. The van der Waals surface area contributed by atoms with E-state index in [2.05, 4.69) is 15.0 Å². The van der Waals surface area contributed by atoms with Crippen LogP contribution in [0.1, 0.15) is 31.2 Å². The maximum atomic E-state index is 12.1. The van der Waals surface area contributed by atoms with Crippen molar-refractivity contribution in [3.8, 4) is 0 Å². The number of hydrogen-bond donors (Lipinski definition) is 1. The highest BCUT2D eigenvalue weighted by Crippen LogP contribution is 2.23. The topological polar surface area (TPSA) is 105 Å². The molecule has 1 N–H and O–H groups in total. The molecule has 0 fully saturated rings. The lowest BCUT2D eigenvalue weighted by molar-refractivity contribution is -0.0588. The van der Waals surface area contributed by atoms with Gasteiger partial charge < -0.3 is 9.82 Å². The maximum Gasteiger partial charge on any atom is 0.382 e. The molecule has 8 heteroatoms. The Hall–Kier alpha value is -3.55. The van der Waals surface area contributed by atoms with Crippen LogP contribution in [0.3, 0.4) is 0 Å². The Kier molecular flexibility index (Phi) is 2.70. The van der Waals surface area contributed by atoms with Gasteiger partial charge in [0.05, 0.1) is 34.7 Å². The van der Waals surface area contributed by atoms with E-state index in [0.717, 1.165) is 0 Å². The third kappa shape index (κ3) is 1.96. The van der Waals surface area contributed by atoms with E-state index in [9.17, 15) is 14.4 Å². The Morgan fingerprint density at radius 3 is 2.48 bits per heavy atom. The van der Waals surface area contributed by atoms with E-state index in [4.69, 9.17) is 4.84 Å². The van der Waals surface area contributed by atoms with Crippen LogP contribution in [-0.4, -0.2) is 37.8 Å². The van der Waals surface area contributed by atoms with Gasteiger partial charge >= 0.3 is 5.97 Å². The van der Waals surface area contributed by atoms with Gasteiger partial charge in [-0.2, -0.15) is 0 Å². The number of nitrogens with one attached hydrogen (secondary N) is 1. The number of aromatic nitrogens is 3. The number of H-pyrrole nitrogens is 1. The molecule has 0 radical (unpaired) electrons. The average molecular weight is 308 g/mol. The molecular weight excluding hydrogens is 300 g/mol. The minimum Gasteiger partial charge on any atom is -0.343 e. The third-order valence-electron chi connectivity index (χ3n) is 3.45. The second kappa shape index (κ2) is 4.73. The molecule has 3 aromatic rings. The summed E-state index contributed by atoms with van der Waals surface area (Å²) in [4.78, 5) is 52.1. The molecular formula is C15H8N4O4. The van der Waals surface area contributed by atoms with Gasteiger partial charge in [0.25, 0.3) is 11.8 Å². The highest BCUT2D eigenvalue weighted by molar-refractivity contribution is 6.21. The number of hydroxylamine groups is 2. The molecule has 2 amide bonds. The van der Waals surface area contributed by atoms with Gasteiger partial charge in [-0.15, -0.1) is 0 Å². The van der Waals surface area contributed by atoms with Gasteiger partial charge in [-0.05, 0) is 18.2 Å². The second-order valence-corrected chi connectivity index (χ2v) is 4.82. The van der Waals surface area contributed by atoms with Gasteiger partial charge in [-0.1, -0.05) is 17.2 Å². The van der Waals surface area contributed by atoms with Crippen LogP contribution >= 0.6 is 0 Å². The van der Waals surface area contributed by atoms with Crippen molar-refractivity contribution in [2.75, 3.05) is 0 Å². The molecule has 8 nitrogen and oxygen atoms in total. The standard InChI is InChI=1S/C15H8N4O4/c20-13-8-3-1-2-4-9(8)14(21)19(13)23-15(22)11-5-10-12(6-16-11)18-7-17-10/h1-7H,(H,17,18). The number of benzene rings is 1. The number of carbonyl (C=O) groups is 3. The molecule has 1 aliphatic heterocycles. The number of carbonyl (C=O) groups excluding carboxylic acids is 3. The van der Waals surface area contributed by atoms with Gasteiger partial charge in [0.2, 0.25) is 0 Å². The van der Waals surface area contributed by atoms with Gasteiger partial charge in [-0.25, -0.2) is 14.8 Å². The molecule has 0 spiro atoms. The molecule has 0 atom stereocenters. The number of fused-ring (bicyclic) bond motifs is 2. The Labute approximate surface area is 128 Å². The van der Waals surface area contributed by atoms with Crippen LogP contribution in [0, 0.1) is 0 Å². The van der Waals surface area contributed by atoms with Gasteiger partial charge in [0.15, 0.2) is 5.69 Å². The number of rotatable bonds is 2. The van der Waals surface area contributed by atoms with Crippen molar-refractivity contribution in [2.45, 2.75) is 0 Å². The molecule has 0 unspecified atom stereocenters. The first-order valence-corrected chi connectivity index (χ1v) is 6.64. The van der Waals surface area contributed by atoms with E-state index < -0.39 is 17.8 Å². The normalized spacial score (nSPS) is 13.5. The van der Waals surface area contributed by atoms with Crippen LogP contribution in [0.25, 0.3) is 11.0 Å². The van der Waals surface area contributed by atoms with E-state index in [1.165, 1.54) is 30.7 Å². The molecule has 0 aliphatic carbocycles. The summed E-state index contributed by atoms with van der Waals surface area (Å²) in [6, 6.07) is 7.66. The Morgan fingerprint density at radius 1 is 1.09 bits per heavy atom. The molecule has 1 aromatic carbocycles. The predicted octanol–water partition coefficient (Wildman–Crippen LogP) is 1.33. The van der Waals surface area contributed by atoms with E-state index in [1.807, 2.05) is 0 Å². The summed E-state index contributed by atoms with van der Waals surface area (Å²) in [5.41, 5.74) is 1.51. The zero-order valence-corrected chi connectivity index (χ0v) is 11.5. The van der Waals surface area contributed by atoms with Gasteiger partial charge in [0.1, 0.15) is 0 Å². The van der Waals surface area contributed by atoms with Crippen molar-refractivity contribution in [1.82, 2.24) is 20.0 Å². The predicted molar refractivity (Wildman–Crippen MR) is 76.2 cm³/mol.